The quantitative estimate of drug-likeness (QED) is 0.511. The second-order valence-electron chi connectivity index (χ2n) is 7.80. The number of hydrogen-bond donors (Lipinski definition) is 2. The fourth-order valence-electron chi connectivity index (χ4n) is 4.30. The van der Waals surface area contributed by atoms with Crippen molar-refractivity contribution in [1.82, 2.24) is 15.5 Å². The molecule has 168 valence electrons. The lowest BCUT2D eigenvalue weighted by molar-refractivity contribution is -0.184. The number of piperidine rings is 1. The molecular formula is C22H29N3O5S. The molecule has 2 fully saturated rings. The Morgan fingerprint density at radius 3 is 2.52 bits per heavy atom. The van der Waals surface area contributed by atoms with E-state index >= 15 is 0 Å². The molecule has 2 amide bonds. The fourth-order valence-corrected chi connectivity index (χ4v) is 4.71. The fraction of sp³-hybridized carbons (Fsp3) is 0.545. The highest BCUT2D eigenvalue weighted by Crippen LogP contribution is 2.33. The number of nitrogens with one attached hydrogen (secondary N) is 2. The molecule has 1 aromatic rings. The number of benzene rings is 1. The Labute approximate surface area is 186 Å². The maximum absolute atomic E-state index is 12.9. The summed E-state index contributed by atoms with van der Waals surface area (Å²) in [5.41, 5.74) is 1.89. The molecule has 4 rings (SSSR count). The number of hydrogen-bond acceptors (Lipinski definition) is 7. The number of esters is 1. The lowest BCUT2D eigenvalue weighted by Crippen LogP contribution is -2.51. The Balaban J connectivity index is 1.59. The standard InChI is InChI=1S/C22H29N3O5S/c1-3-28-20(26)18-17(14-25-10-8-22(9-11-25)29-12-13-30-22)23-21(27)24-19(18)15-4-6-16(31-2)7-5-15/h4-7,19H,3,8-14H2,1-2H3,(H2,23,24,27)/t19-/m1/s1. The molecule has 0 saturated carbocycles. The number of carbonyl (C=O) groups is 2. The smallest absolute Gasteiger partial charge is 0.338 e. The van der Waals surface area contributed by atoms with Gasteiger partial charge in [-0.15, -0.1) is 11.8 Å². The lowest BCUT2D eigenvalue weighted by Gasteiger charge is -2.39. The average molecular weight is 448 g/mol. The molecule has 0 radical (unpaired) electrons. The molecular weight excluding hydrogens is 418 g/mol. The van der Waals surface area contributed by atoms with Gasteiger partial charge in [0.2, 0.25) is 0 Å². The maximum atomic E-state index is 12.9. The van der Waals surface area contributed by atoms with Gasteiger partial charge in [-0.05, 0) is 30.9 Å². The van der Waals surface area contributed by atoms with Crippen LogP contribution in [0.1, 0.15) is 31.4 Å². The van der Waals surface area contributed by atoms with Crippen molar-refractivity contribution in [2.45, 2.75) is 36.5 Å². The Morgan fingerprint density at radius 1 is 1.23 bits per heavy atom. The molecule has 1 aromatic carbocycles. The number of amides is 2. The summed E-state index contributed by atoms with van der Waals surface area (Å²) in [5, 5.41) is 5.75. The molecule has 0 bridgehead atoms. The number of ether oxygens (including phenoxy) is 3. The third-order valence-corrected chi connectivity index (χ3v) is 6.65. The van der Waals surface area contributed by atoms with Crippen molar-refractivity contribution >= 4 is 23.8 Å². The predicted molar refractivity (Wildman–Crippen MR) is 117 cm³/mol. The van der Waals surface area contributed by atoms with Crippen LogP contribution in [0.5, 0.6) is 0 Å². The molecule has 2 saturated heterocycles. The first kappa shape index (κ1) is 22.1. The van der Waals surface area contributed by atoms with E-state index in [0.29, 0.717) is 31.0 Å². The van der Waals surface area contributed by atoms with Crippen molar-refractivity contribution < 1.29 is 23.8 Å². The minimum Gasteiger partial charge on any atom is -0.463 e. The van der Waals surface area contributed by atoms with Gasteiger partial charge in [0, 0.05) is 43.1 Å². The van der Waals surface area contributed by atoms with E-state index in [2.05, 4.69) is 15.5 Å². The second kappa shape index (κ2) is 9.60. The van der Waals surface area contributed by atoms with Gasteiger partial charge in [0.1, 0.15) is 0 Å². The molecule has 0 aromatic heterocycles. The maximum Gasteiger partial charge on any atom is 0.338 e. The minimum atomic E-state index is -0.559. The van der Waals surface area contributed by atoms with E-state index < -0.39 is 17.8 Å². The predicted octanol–water partition coefficient (Wildman–Crippen LogP) is 2.42. The number of thioether (sulfide) groups is 1. The molecule has 3 aliphatic rings. The van der Waals surface area contributed by atoms with Gasteiger partial charge in [-0.25, -0.2) is 9.59 Å². The van der Waals surface area contributed by atoms with Gasteiger partial charge in [0.15, 0.2) is 5.79 Å². The molecule has 3 aliphatic heterocycles. The van der Waals surface area contributed by atoms with E-state index in [0.717, 1.165) is 36.4 Å². The van der Waals surface area contributed by atoms with Crippen LogP contribution in [0.25, 0.3) is 0 Å². The van der Waals surface area contributed by atoms with E-state index in [1.54, 1.807) is 18.7 Å². The number of nitrogens with zero attached hydrogens (tertiary/aromatic N) is 1. The Kier molecular flexibility index (Phi) is 6.86. The van der Waals surface area contributed by atoms with Crippen molar-refractivity contribution in [3.8, 4) is 0 Å². The van der Waals surface area contributed by atoms with E-state index in [4.69, 9.17) is 14.2 Å². The zero-order valence-corrected chi connectivity index (χ0v) is 18.8. The van der Waals surface area contributed by atoms with Crippen LogP contribution in [-0.4, -0.2) is 68.4 Å². The van der Waals surface area contributed by atoms with Crippen LogP contribution in [0.4, 0.5) is 4.79 Å². The second-order valence-corrected chi connectivity index (χ2v) is 8.68. The molecule has 9 heteroatoms. The lowest BCUT2D eigenvalue weighted by atomic mass is 9.94. The highest BCUT2D eigenvalue weighted by Gasteiger charge is 2.41. The van der Waals surface area contributed by atoms with Crippen LogP contribution in [-0.2, 0) is 19.0 Å². The average Bonchev–Trinajstić information content (AvgIpc) is 3.23. The summed E-state index contributed by atoms with van der Waals surface area (Å²) in [7, 11) is 0. The molecule has 2 N–H and O–H groups in total. The van der Waals surface area contributed by atoms with Crippen LogP contribution in [0.3, 0.4) is 0 Å². The van der Waals surface area contributed by atoms with Crippen molar-refractivity contribution in [2.75, 3.05) is 45.7 Å². The Hall–Kier alpha value is -2.07. The van der Waals surface area contributed by atoms with Crippen LogP contribution in [0.2, 0.25) is 0 Å². The summed E-state index contributed by atoms with van der Waals surface area (Å²) in [6, 6.07) is 6.98. The first-order chi connectivity index (χ1) is 15.0. The van der Waals surface area contributed by atoms with E-state index in [-0.39, 0.29) is 12.6 Å². The van der Waals surface area contributed by atoms with Crippen LogP contribution in [0, 0.1) is 0 Å². The van der Waals surface area contributed by atoms with Crippen molar-refractivity contribution in [3.63, 3.8) is 0 Å². The van der Waals surface area contributed by atoms with E-state index in [1.807, 2.05) is 30.5 Å². The molecule has 8 nitrogen and oxygen atoms in total. The number of urea groups is 1. The Morgan fingerprint density at radius 2 is 1.90 bits per heavy atom. The van der Waals surface area contributed by atoms with Crippen molar-refractivity contribution in [2.24, 2.45) is 0 Å². The van der Waals surface area contributed by atoms with Gasteiger partial charge in [-0.1, -0.05) is 12.1 Å². The van der Waals surface area contributed by atoms with Crippen molar-refractivity contribution in [1.29, 1.82) is 0 Å². The number of carbonyl (C=O) groups excluding carboxylic acids is 2. The minimum absolute atomic E-state index is 0.266. The topological polar surface area (TPSA) is 89.1 Å². The third-order valence-electron chi connectivity index (χ3n) is 5.91. The highest BCUT2D eigenvalue weighted by atomic mass is 32.2. The van der Waals surface area contributed by atoms with Gasteiger partial charge < -0.3 is 24.8 Å². The SMILES string of the molecule is CCOC(=O)C1=C(CN2CCC3(CC2)OCCO3)NC(=O)N[C@@H]1c1ccc(SC)cc1. The summed E-state index contributed by atoms with van der Waals surface area (Å²) in [5.74, 6) is -0.881. The number of likely N-dealkylation sites (tertiary alicyclic amines) is 1. The van der Waals surface area contributed by atoms with E-state index in [9.17, 15) is 9.59 Å². The summed E-state index contributed by atoms with van der Waals surface area (Å²) in [6.45, 7) is 5.29. The summed E-state index contributed by atoms with van der Waals surface area (Å²) in [6.07, 6.45) is 3.54. The highest BCUT2D eigenvalue weighted by molar-refractivity contribution is 7.98. The third kappa shape index (κ3) is 4.90. The van der Waals surface area contributed by atoms with Gasteiger partial charge in [-0.3, -0.25) is 4.90 Å². The monoisotopic (exact) mass is 447 g/mol. The Bertz CT molecular complexity index is 841. The molecule has 0 aliphatic carbocycles. The van der Waals surface area contributed by atoms with Gasteiger partial charge in [-0.2, -0.15) is 0 Å². The largest absolute Gasteiger partial charge is 0.463 e. The first-order valence-electron chi connectivity index (χ1n) is 10.7. The van der Waals surface area contributed by atoms with Crippen LogP contribution < -0.4 is 10.6 Å². The van der Waals surface area contributed by atoms with Crippen LogP contribution in [0.15, 0.2) is 40.4 Å². The van der Waals surface area contributed by atoms with E-state index in [1.165, 1.54) is 0 Å². The summed E-state index contributed by atoms with van der Waals surface area (Å²) < 4.78 is 17.0. The van der Waals surface area contributed by atoms with Crippen molar-refractivity contribution in [3.05, 3.63) is 41.1 Å². The molecule has 31 heavy (non-hydrogen) atoms. The zero-order valence-electron chi connectivity index (χ0n) is 17.9. The van der Waals surface area contributed by atoms with Gasteiger partial charge >= 0.3 is 12.0 Å². The number of rotatable bonds is 6. The summed E-state index contributed by atoms with van der Waals surface area (Å²) in [4.78, 5) is 28.7. The molecule has 1 atom stereocenters. The van der Waals surface area contributed by atoms with Crippen LogP contribution >= 0.6 is 11.8 Å². The molecule has 0 unspecified atom stereocenters. The zero-order chi connectivity index (χ0) is 21.8. The van der Waals surface area contributed by atoms with Gasteiger partial charge in [0.05, 0.1) is 31.4 Å². The molecule has 3 heterocycles. The molecule has 1 spiro atoms. The summed E-state index contributed by atoms with van der Waals surface area (Å²) >= 11 is 1.64. The van der Waals surface area contributed by atoms with Gasteiger partial charge in [0.25, 0.3) is 0 Å². The normalized spacial score (nSPS) is 23.5. The first-order valence-corrected chi connectivity index (χ1v) is 11.9.